The van der Waals surface area contributed by atoms with E-state index in [2.05, 4.69) is 10.1 Å². The van der Waals surface area contributed by atoms with Crippen molar-refractivity contribution in [1.29, 1.82) is 0 Å². The van der Waals surface area contributed by atoms with Crippen LogP contribution in [0.2, 0.25) is 0 Å². The lowest BCUT2D eigenvalue weighted by atomic mass is 10.0. The van der Waals surface area contributed by atoms with Crippen molar-refractivity contribution in [2.24, 2.45) is 12.0 Å². The number of carbonyl (C=O) groups excluding carboxylic acids is 1. The molecule has 0 amide bonds. The van der Waals surface area contributed by atoms with Gasteiger partial charge in [0.2, 0.25) is 5.16 Å². The molecule has 0 saturated carbocycles. The first-order valence-corrected chi connectivity index (χ1v) is 10.7. The van der Waals surface area contributed by atoms with E-state index >= 15 is 0 Å². The number of benzene rings is 2. The second-order valence-electron chi connectivity index (χ2n) is 7.31. The van der Waals surface area contributed by atoms with Crippen LogP contribution in [0.5, 0.6) is 0 Å². The Hall–Kier alpha value is -3.39. The minimum absolute atomic E-state index is 0.187. The SMILES string of the molecule is CSc1nc2n(n1)C(=O)c1c(c3ccccc3n1C)C2=Nc1ccc(N(C)C)cc1. The molecule has 0 N–H and O–H groups in total. The van der Waals surface area contributed by atoms with E-state index in [1.165, 1.54) is 16.4 Å². The molecule has 30 heavy (non-hydrogen) atoms. The van der Waals surface area contributed by atoms with Crippen molar-refractivity contribution >= 4 is 45.7 Å². The molecule has 150 valence electrons. The van der Waals surface area contributed by atoms with E-state index in [0.29, 0.717) is 22.4 Å². The first kappa shape index (κ1) is 18.6. The van der Waals surface area contributed by atoms with Crippen LogP contribution in [0.25, 0.3) is 10.9 Å². The monoisotopic (exact) mass is 416 g/mol. The summed E-state index contributed by atoms with van der Waals surface area (Å²) >= 11 is 1.40. The molecule has 4 aromatic rings. The average Bonchev–Trinajstić information content (AvgIpc) is 3.32. The van der Waals surface area contributed by atoms with Crippen LogP contribution in [-0.2, 0) is 7.05 Å². The lowest BCUT2D eigenvalue weighted by molar-refractivity contribution is 0.0932. The van der Waals surface area contributed by atoms with E-state index in [0.717, 1.165) is 27.8 Å². The highest BCUT2D eigenvalue weighted by Crippen LogP contribution is 2.33. The lowest BCUT2D eigenvalue weighted by Gasteiger charge is -2.16. The summed E-state index contributed by atoms with van der Waals surface area (Å²) in [5.41, 5.74) is 4.90. The minimum Gasteiger partial charge on any atom is -0.378 e. The number of anilines is 1. The molecule has 0 fully saturated rings. The molecule has 3 heterocycles. The van der Waals surface area contributed by atoms with Crippen LogP contribution in [-0.4, -0.2) is 51.3 Å². The summed E-state index contributed by atoms with van der Waals surface area (Å²) in [5.74, 6) is 0.290. The Labute approximate surface area is 178 Å². The fourth-order valence-electron chi connectivity index (χ4n) is 3.83. The number of aliphatic imine (C=N–C) groups is 1. The molecule has 0 radical (unpaired) electrons. The van der Waals surface area contributed by atoms with Gasteiger partial charge in [-0.15, -0.1) is 5.10 Å². The number of nitrogens with zero attached hydrogens (tertiary/aromatic N) is 6. The number of thioether (sulfide) groups is 1. The van der Waals surface area contributed by atoms with Crippen molar-refractivity contribution in [1.82, 2.24) is 19.3 Å². The number of rotatable bonds is 3. The number of aryl methyl sites for hydroxylation is 1. The van der Waals surface area contributed by atoms with Crippen molar-refractivity contribution < 1.29 is 4.79 Å². The Balaban J connectivity index is 1.80. The van der Waals surface area contributed by atoms with Gasteiger partial charge >= 0.3 is 0 Å². The van der Waals surface area contributed by atoms with Gasteiger partial charge in [-0.1, -0.05) is 30.0 Å². The topological polar surface area (TPSA) is 68.3 Å². The van der Waals surface area contributed by atoms with Gasteiger partial charge in [0.1, 0.15) is 11.4 Å². The third-order valence-electron chi connectivity index (χ3n) is 5.33. The number of fused-ring (bicyclic) bond motifs is 4. The third-order valence-corrected chi connectivity index (χ3v) is 5.87. The maximum Gasteiger partial charge on any atom is 0.297 e. The zero-order valence-electron chi connectivity index (χ0n) is 17.1. The number of hydrogen-bond acceptors (Lipinski definition) is 6. The van der Waals surface area contributed by atoms with Gasteiger partial charge in [-0.25, -0.2) is 4.99 Å². The fourth-order valence-corrected chi connectivity index (χ4v) is 4.17. The quantitative estimate of drug-likeness (QED) is 0.419. The summed E-state index contributed by atoms with van der Waals surface area (Å²) < 4.78 is 3.29. The Morgan fingerprint density at radius 3 is 2.50 bits per heavy atom. The zero-order valence-corrected chi connectivity index (χ0v) is 17.9. The van der Waals surface area contributed by atoms with E-state index < -0.39 is 0 Å². The van der Waals surface area contributed by atoms with Gasteiger partial charge in [0, 0.05) is 43.3 Å². The molecule has 2 aromatic heterocycles. The summed E-state index contributed by atoms with van der Waals surface area (Å²) in [6, 6.07) is 16.0. The van der Waals surface area contributed by atoms with Crippen molar-refractivity contribution in [3.8, 4) is 0 Å². The molecule has 0 aliphatic carbocycles. The minimum atomic E-state index is -0.187. The van der Waals surface area contributed by atoms with Gasteiger partial charge in [-0.05, 0) is 36.6 Å². The highest BCUT2D eigenvalue weighted by Gasteiger charge is 2.36. The Kier molecular flexibility index (Phi) is 4.25. The van der Waals surface area contributed by atoms with Crippen molar-refractivity contribution in [3.05, 3.63) is 65.6 Å². The summed E-state index contributed by atoms with van der Waals surface area (Å²) in [4.78, 5) is 24.9. The average molecular weight is 417 g/mol. The smallest absolute Gasteiger partial charge is 0.297 e. The summed E-state index contributed by atoms with van der Waals surface area (Å²) in [5, 5.41) is 5.93. The molecule has 5 rings (SSSR count). The first-order valence-electron chi connectivity index (χ1n) is 9.49. The van der Waals surface area contributed by atoms with Gasteiger partial charge in [-0.2, -0.15) is 9.67 Å². The molecule has 7 nitrogen and oxygen atoms in total. The van der Waals surface area contributed by atoms with E-state index in [9.17, 15) is 4.79 Å². The van der Waals surface area contributed by atoms with Crippen LogP contribution in [0.1, 0.15) is 21.9 Å². The number of aromatic nitrogens is 4. The number of para-hydroxylation sites is 1. The second kappa shape index (κ2) is 6.84. The van der Waals surface area contributed by atoms with Crippen molar-refractivity contribution in [2.45, 2.75) is 5.16 Å². The molecule has 1 aliphatic rings. The Morgan fingerprint density at radius 2 is 1.80 bits per heavy atom. The highest BCUT2D eigenvalue weighted by atomic mass is 32.2. The van der Waals surface area contributed by atoms with Gasteiger partial charge in [-0.3, -0.25) is 4.79 Å². The normalized spacial score (nSPS) is 14.3. The Morgan fingerprint density at radius 1 is 1.07 bits per heavy atom. The van der Waals surface area contributed by atoms with Gasteiger partial charge < -0.3 is 9.47 Å². The van der Waals surface area contributed by atoms with Gasteiger partial charge in [0.05, 0.1) is 5.69 Å². The van der Waals surface area contributed by atoms with Gasteiger partial charge in [0.25, 0.3) is 5.91 Å². The second-order valence-corrected chi connectivity index (χ2v) is 8.08. The summed E-state index contributed by atoms with van der Waals surface area (Å²) in [6.45, 7) is 0. The maximum atomic E-state index is 13.3. The molecular weight excluding hydrogens is 396 g/mol. The largest absolute Gasteiger partial charge is 0.378 e. The lowest BCUT2D eigenvalue weighted by Crippen LogP contribution is -2.30. The molecule has 0 bridgehead atoms. The van der Waals surface area contributed by atoms with E-state index in [1.54, 1.807) is 0 Å². The van der Waals surface area contributed by atoms with E-state index in [1.807, 2.05) is 85.4 Å². The highest BCUT2D eigenvalue weighted by molar-refractivity contribution is 7.98. The molecule has 2 aromatic carbocycles. The third kappa shape index (κ3) is 2.68. The zero-order chi connectivity index (χ0) is 21.0. The van der Waals surface area contributed by atoms with Crippen LogP contribution in [0.4, 0.5) is 11.4 Å². The van der Waals surface area contributed by atoms with E-state index in [-0.39, 0.29) is 5.91 Å². The molecule has 0 unspecified atom stereocenters. The number of carbonyl (C=O) groups is 1. The molecule has 0 spiro atoms. The molecule has 0 atom stereocenters. The molecule has 8 heteroatoms. The van der Waals surface area contributed by atoms with Crippen LogP contribution in [0, 0.1) is 0 Å². The molecule has 0 saturated heterocycles. The first-order chi connectivity index (χ1) is 14.5. The molecular formula is C22H20N6OS. The Bertz CT molecular complexity index is 1330. The van der Waals surface area contributed by atoms with Crippen molar-refractivity contribution in [2.75, 3.05) is 25.3 Å². The standard InChI is InChI=1S/C22H20N6OS/c1-26(2)14-11-9-13(10-12-14)23-18-17-15-7-5-6-8-16(15)27(3)19(17)21(29)28-20(18)24-22(25-28)30-4/h5-12H,1-4H3. The van der Waals surface area contributed by atoms with Crippen LogP contribution >= 0.6 is 11.8 Å². The van der Waals surface area contributed by atoms with Crippen LogP contribution in [0.3, 0.4) is 0 Å². The molecule has 1 aliphatic heterocycles. The van der Waals surface area contributed by atoms with Crippen LogP contribution in [0.15, 0.2) is 58.7 Å². The fraction of sp³-hybridized carbons (Fsp3) is 0.182. The predicted octanol–water partition coefficient (Wildman–Crippen LogP) is 3.73. The van der Waals surface area contributed by atoms with Crippen LogP contribution < -0.4 is 4.90 Å². The summed E-state index contributed by atoms with van der Waals surface area (Å²) in [7, 11) is 5.91. The number of hydrogen-bond donors (Lipinski definition) is 0. The predicted molar refractivity (Wildman–Crippen MR) is 121 cm³/mol. The maximum absolute atomic E-state index is 13.3. The van der Waals surface area contributed by atoms with E-state index in [4.69, 9.17) is 4.99 Å². The van der Waals surface area contributed by atoms with Gasteiger partial charge in [0.15, 0.2) is 5.82 Å². The summed E-state index contributed by atoms with van der Waals surface area (Å²) in [6.07, 6.45) is 1.89. The van der Waals surface area contributed by atoms with Crippen molar-refractivity contribution in [3.63, 3.8) is 0 Å².